The maximum absolute atomic E-state index is 12.3. The van der Waals surface area contributed by atoms with Gasteiger partial charge in [-0.2, -0.15) is 0 Å². The fourth-order valence-electron chi connectivity index (χ4n) is 2.77. The quantitative estimate of drug-likeness (QED) is 0.930. The number of amides is 1. The first-order valence-corrected chi connectivity index (χ1v) is 8.21. The number of halogens is 1. The monoisotopic (exact) mass is 330 g/mol. The van der Waals surface area contributed by atoms with Gasteiger partial charge in [0.05, 0.1) is 12.6 Å². The molecule has 3 rings (SSSR count). The van der Waals surface area contributed by atoms with Crippen molar-refractivity contribution in [2.75, 3.05) is 6.61 Å². The summed E-state index contributed by atoms with van der Waals surface area (Å²) in [6.45, 7) is 0.650. The van der Waals surface area contributed by atoms with E-state index in [1.165, 1.54) is 0 Å². The van der Waals surface area contributed by atoms with Crippen molar-refractivity contribution < 1.29 is 9.53 Å². The summed E-state index contributed by atoms with van der Waals surface area (Å²) in [6.07, 6.45) is 6.44. The average molecular weight is 331 g/mol. The third-order valence-corrected chi connectivity index (χ3v) is 4.21. The number of hydrogen-bond acceptors (Lipinski definition) is 3. The molecular weight excluding hydrogens is 312 g/mol. The van der Waals surface area contributed by atoms with Crippen LogP contribution < -0.4 is 10.1 Å². The molecule has 0 spiro atoms. The van der Waals surface area contributed by atoms with Crippen LogP contribution in [-0.4, -0.2) is 17.5 Å². The summed E-state index contributed by atoms with van der Waals surface area (Å²) in [4.78, 5) is 16.3. The van der Waals surface area contributed by atoms with E-state index < -0.39 is 0 Å². The Hall–Kier alpha value is -2.07. The zero-order valence-electron chi connectivity index (χ0n) is 12.8. The number of hydrogen-bond donors (Lipinski definition) is 1. The molecule has 1 aromatic heterocycles. The van der Waals surface area contributed by atoms with E-state index in [-0.39, 0.29) is 11.9 Å². The Kier molecular flexibility index (Phi) is 5.13. The molecule has 1 aliphatic heterocycles. The summed E-state index contributed by atoms with van der Waals surface area (Å²) >= 11 is 6.03. The molecule has 2 heterocycles. The number of nitrogens with zero attached hydrogens (tertiary/aromatic N) is 1. The third kappa shape index (κ3) is 4.23. The van der Waals surface area contributed by atoms with Crippen LogP contribution in [-0.2, 0) is 11.2 Å². The summed E-state index contributed by atoms with van der Waals surface area (Å²) in [7, 11) is 0. The van der Waals surface area contributed by atoms with E-state index in [0.29, 0.717) is 24.5 Å². The Balaban J connectivity index is 1.64. The van der Waals surface area contributed by atoms with Crippen molar-refractivity contribution in [3.05, 3.63) is 58.9 Å². The number of rotatable bonds is 4. The number of benzene rings is 1. The average Bonchev–Trinajstić information content (AvgIpc) is 2.76. The molecule has 1 unspecified atom stereocenters. The largest absolute Gasteiger partial charge is 0.493 e. The molecule has 0 radical (unpaired) electrons. The zero-order chi connectivity index (χ0) is 16.1. The number of fused-ring (bicyclic) bond motifs is 1. The van der Waals surface area contributed by atoms with Crippen molar-refractivity contribution in [3.8, 4) is 5.75 Å². The maximum Gasteiger partial charge on any atom is 0.220 e. The Morgan fingerprint density at radius 1 is 1.30 bits per heavy atom. The number of nitrogens with one attached hydrogen (secondary N) is 1. The Morgan fingerprint density at radius 2 is 2.13 bits per heavy atom. The lowest BCUT2D eigenvalue weighted by atomic mass is 10.0. The summed E-state index contributed by atoms with van der Waals surface area (Å²) < 4.78 is 5.73. The Morgan fingerprint density at radius 3 is 2.96 bits per heavy atom. The minimum absolute atomic E-state index is 0.0188. The Bertz CT molecular complexity index is 676. The first-order valence-electron chi connectivity index (χ1n) is 7.83. The van der Waals surface area contributed by atoms with Gasteiger partial charge in [0.25, 0.3) is 0 Å². The van der Waals surface area contributed by atoms with Crippen LogP contribution in [0, 0.1) is 0 Å². The number of ether oxygens (including phenoxy) is 1. The molecule has 1 amide bonds. The van der Waals surface area contributed by atoms with Gasteiger partial charge in [0.15, 0.2) is 0 Å². The van der Waals surface area contributed by atoms with Crippen LogP contribution in [0.5, 0.6) is 5.75 Å². The van der Waals surface area contributed by atoms with E-state index in [1.54, 1.807) is 12.4 Å². The minimum atomic E-state index is -0.0188. The fourth-order valence-corrected chi connectivity index (χ4v) is 2.93. The first kappa shape index (κ1) is 15.8. The van der Waals surface area contributed by atoms with Gasteiger partial charge in [0, 0.05) is 29.4 Å². The number of aryl methyl sites for hydroxylation is 1. The van der Waals surface area contributed by atoms with Gasteiger partial charge in [-0.05, 0) is 49.1 Å². The molecule has 1 N–H and O–H groups in total. The second kappa shape index (κ2) is 7.47. The minimum Gasteiger partial charge on any atom is -0.493 e. The van der Waals surface area contributed by atoms with E-state index in [1.807, 2.05) is 30.3 Å². The number of carbonyl (C=O) groups excluding carboxylic acids is 1. The van der Waals surface area contributed by atoms with E-state index in [2.05, 4.69) is 10.3 Å². The highest BCUT2D eigenvalue weighted by molar-refractivity contribution is 6.30. The van der Waals surface area contributed by atoms with E-state index in [0.717, 1.165) is 29.7 Å². The summed E-state index contributed by atoms with van der Waals surface area (Å²) in [5.74, 6) is 0.823. The van der Waals surface area contributed by atoms with Crippen molar-refractivity contribution in [3.63, 3.8) is 0 Å². The molecule has 2 aromatic rings. The molecule has 1 aromatic carbocycles. The van der Waals surface area contributed by atoms with Crippen LogP contribution in [0.4, 0.5) is 0 Å². The normalized spacial score (nSPS) is 16.8. The van der Waals surface area contributed by atoms with Crippen molar-refractivity contribution in [1.29, 1.82) is 0 Å². The molecule has 1 atom stereocenters. The van der Waals surface area contributed by atoms with Crippen molar-refractivity contribution in [2.45, 2.75) is 31.7 Å². The van der Waals surface area contributed by atoms with Gasteiger partial charge in [0.2, 0.25) is 5.91 Å². The molecule has 0 fully saturated rings. The van der Waals surface area contributed by atoms with E-state index in [4.69, 9.17) is 16.3 Å². The Labute approximate surface area is 140 Å². The second-order valence-electron chi connectivity index (χ2n) is 5.65. The summed E-state index contributed by atoms with van der Waals surface area (Å²) in [5.41, 5.74) is 2.12. The summed E-state index contributed by atoms with van der Waals surface area (Å²) in [6, 6.07) is 9.45. The molecule has 0 bridgehead atoms. The van der Waals surface area contributed by atoms with E-state index in [9.17, 15) is 4.79 Å². The van der Waals surface area contributed by atoms with Gasteiger partial charge in [-0.15, -0.1) is 0 Å². The van der Waals surface area contributed by atoms with Crippen LogP contribution in [0.1, 0.15) is 36.4 Å². The highest BCUT2D eigenvalue weighted by Gasteiger charge is 2.21. The molecule has 1 aliphatic rings. The van der Waals surface area contributed by atoms with Gasteiger partial charge < -0.3 is 10.1 Å². The molecule has 23 heavy (non-hydrogen) atoms. The highest BCUT2D eigenvalue weighted by atomic mass is 35.5. The maximum atomic E-state index is 12.3. The van der Waals surface area contributed by atoms with Crippen molar-refractivity contribution in [2.24, 2.45) is 0 Å². The molecular formula is C18H19ClN2O2. The molecule has 4 nitrogen and oxygen atoms in total. The molecule has 120 valence electrons. The molecule has 5 heteroatoms. The first-order chi connectivity index (χ1) is 11.2. The number of carbonyl (C=O) groups is 1. The zero-order valence-corrected chi connectivity index (χ0v) is 13.6. The third-order valence-electron chi connectivity index (χ3n) is 3.97. The van der Waals surface area contributed by atoms with Crippen LogP contribution >= 0.6 is 11.6 Å². The van der Waals surface area contributed by atoms with Crippen LogP contribution in [0.2, 0.25) is 5.02 Å². The predicted octanol–water partition coefficient (Wildman–Crippen LogP) is 3.70. The van der Waals surface area contributed by atoms with Gasteiger partial charge in [0.1, 0.15) is 5.75 Å². The van der Waals surface area contributed by atoms with Crippen LogP contribution in [0.25, 0.3) is 0 Å². The predicted molar refractivity (Wildman–Crippen MR) is 89.6 cm³/mol. The van der Waals surface area contributed by atoms with Gasteiger partial charge in [-0.3, -0.25) is 9.78 Å². The lowest BCUT2D eigenvalue weighted by Gasteiger charge is -2.18. The van der Waals surface area contributed by atoms with Gasteiger partial charge in [-0.25, -0.2) is 0 Å². The lowest BCUT2D eigenvalue weighted by molar-refractivity contribution is -0.121. The number of pyridine rings is 1. The number of aromatic nitrogens is 1. The smallest absolute Gasteiger partial charge is 0.220 e. The fraction of sp³-hybridized carbons (Fsp3) is 0.333. The van der Waals surface area contributed by atoms with Crippen molar-refractivity contribution in [1.82, 2.24) is 10.3 Å². The second-order valence-corrected chi connectivity index (χ2v) is 6.08. The molecule has 0 aliphatic carbocycles. The van der Waals surface area contributed by atoms with Crippen molar-refractivity contribution >= 4 is 17.5 Å². The van der Waals surface area contributed by atoms with E-state index >= 15 is 0 Å². The lowest BCUT2D eigenvalue weighted by Crippen LogP contribution is -2.28. The topological polar surface area (TPSA) is 51.2 Å². The van der Waals surface area contributed by atoms with Gasteiger partial charge in [-0.1, -0.05) is 17.7 Å². The van der Waals surface area contributed by atoms with Crippen LogP contribution in [0.3, 0.4) is 0 Å². The molecule has 0 saturated carbocycles. The van der Waals surface area contributed by atoms with Crippen LogP contribution in [0.15, 0.2) is 42.7 Å². The highest BCUT2D eigenvalue weighted by Crippen LogP contribution is 2.33. The standard InChI is InChI=1S/C18H19ClN2O2/c19-14-4-5-15-16(2-1-11-23-17(15)12-14)21-18(22)6-3-13-7-9-20-10-8-13/h4-5,7-10,12,16H,1-3,6,11H2,(H,21,22). The SMILES string of the molecule is O=C(CCc1ccncc1)NC1CCCOc2cc(Cl)ccc21. The van der Waals surface area contributed by atoms with Gasteiger partial charge >= 0.3 is 0 Å². The molecule has 0 saturated heterocycles. The summed E-state index contributed by atoms with van der Waals surface area (Å²) in [5, 5.41) is 3.77.